The first-order chi connectivity index (χ1) is 9.65. The lowest BCUT2D eigenvalue weighted by molar-refractivity contribution is -0.147. The summed E-state index contributed by atoms with van der Waals surface area (Å²) in [5.41, 5.74) is -0.533. The topological polar surface area (TPSA) is 86.7 Å². The van der Waals surface area contributed by atoms with Crippen LogP contribution < -0.4 is 5.32 Å². The van der Waals surface area contributed by atoms with Crippen molar-refractivity contribution in [2.24, 2.45) is 11.3 Å². The molecule has 2 unspecified atom stereocenters. The van der Waals surface area contributed by atoms with Gasteiger partial charge in [0.2, 0.25) is 11.8 Å². The molecule has 0 radical (unpaired) electrons. The average molecular weight is 298 g/mol. The zero-order chi connectivity index (χ0) is 16.2. The first-order valence-corrected chi connectivity index (χ1v) is 7.46. The van der Waals surface area contributed by atoms with Gasteiger partial charge in [-0.1, -0.05) is 27.7 Å². The molecule has 2 N–H and O–H groups in total. The third-order valence-electron chi connectivity index (χ3n) is 3.63. The second-order valence-corrected chi connectivity index (χ2v) is 6.74. The van der Waals surface area contributed by atoms with Crippen molar-refractivity contribution in [1.29, 1.82) is 0 Å². The van der Waals surface area contributed by atoms with Crippen molar-refractivity contribution in [2.75, 3.05) is 13.1 Å². The Morgan fingerprint density at radius 1 is 1.24 bits per heavy atom. The first kappa shape index (κ1) is 17.5. The van der Waals surface area contributed by atoms with E-state index in [0.717, 1.165) is 6.42 Å². The number of carboxylic acids is 1. The van der Waals surface area contributed by atoms with Crippen LogP contribution in [0, 0.1) is 11.3 Å². The van der Waals surface area contributed by atoms with E-state index in [1.165, 1.54) is 0 Å². The predicted molar refractivity (Wildman–Crippen MR) is 78.6 cm³/mol. The molecule has 1 aliphatic rings. The summed E-state index contributed by atoms with van der Waals surface area (Å²) in [4.78, 5) is 36.9. The fourth-order valence-corrected chi connectivity index (χ4v) is 2.36. The molecule has 1 saturated heterocycles. The highest BCUT2D eigenvalue weighted by molar-refractivity contribution is 5.82. The summed E-state index contributed by atoms with van der Waals surface area (Å²) in [6, 6.07) is -0.299. The lowest BCUT2D eigenvalue weighted by Crippen LogP contribution is -2.55. The van der Waals surface area contributed by atoms with Gasteiger partial charge in [-0.25, -0.2) is 0 Å². The largest absolute Gasteiger partial charge is 0.481 e. The number of aliphatic carboxylic acids is 1. The molecule has 0 aromatic rings. The molecule has 0 spiro atoms. The SMILES string of the molecule is CCCC(=O)N1CC(NC(=O)C(C)(C)C)CC(C(=O)O)C1. The van der Waals surface area contributed by atoms with Crippen molar-refractivity contribution in [3.8, 4) is 0 Å². The molecule has 2 amide bonds. The number of piperidine rings is 1. The van der Waals surface area contributed by atoms with Crippen LogP contribution in [-0.2, 0) is 14.4 Å². The summed E-state index contributed by atoms with van der Waals surface area (Å²) in [6.07, 6.45) is 1.51. The van der Waals surface area contributed by atoms with Crippen LogP contribution in [0.1, 0.15) is 47.0 Å². The van der Waals surface area contributed by atoms with Crippen molar-refractivity contribution < 1.29 is 19.5 Å². The van der Waals surface area contributed by atoms with E-state index < -0.39 is 17.3 Å². The summed E-state index contributed by atoms with van der Waals surface area (Å²) in [5.74, 6) is -1.70. The highest BCUT2D eigenvalue weighted by Crippen LogP contribution is 2.20. The second-order valence-electron chi connectivity index (χ2n) is 6.74. The van der Waals surface area contributed by atoms with Gasteiger partial charge in [0.05, 0.1) is 5.92 Å². The van der Waals surface area contributed by atoms with Crippen LogP contribution in [0.3, 0.4) is 0 Å². The predicted octanol–water partition coefficient (Wildman–Crippen LogP) is 1.25. The van der Waals surface area contributed by atoms with Crippen molar-refractivity contribution in [2.45, 2.75) is 53.0 Å². The Morgan fingerprint density at radius 2 is 1.86 bits per heavy atom. The van der Waals surface area contributed by atoms with Crippen LogP contribution in [0.5, 0.6) is 0 Å². The molecule has 0 aromatic carbocycles. The molecule has 0 bridgehead atoms. The number of nitrogens with zero attached hydrogens (tertiary/aromatic N) is 1. The Balaban J connectivity index is 2.77. The third kappa shape index (κ3) is 5.02. The maximum absolute atomic E-state index is 12.0. The van der Waals surface area contributed by atoms with Crippen molar-refractivity contribution in [3.63, 3.8) is 0 Å². The quantitative estimate of drug-likeness (QED) is 0.818. The van der Waals surface area contributed by atoms with E-state index in [4.69, 9.17) is 0 Å². The summed E-state index contributed by atoms with van der Waals surface area (Å²) in [7, 11) is 0. The molecule has 21 heavy (non-hydrogen) atoms. The van der Waals surface area contributed by atoms with E-state index in [2.05, 4.69) is 5.32 Å². The van der Waals surface area contributed by atoms with E-state index in [1.807, 2.05) is 6.92 Å². The number of hydrogen-bond acceptors (Lipinski definition) is 3. The van der Waals surface area contributed by atoms with Crippen LogP contribution in [0.2, 0.25) is 0 Å². The standard InChI is InChI=1S/C15H26N2O4/c1-5-6-12(18)17-8-10(13(19)20)7-11(9-17)16-14(21)15(2,3)4/h10-11H,5-9H2,1-4H3,(H,16,21)(H,19,20). The van der Waals surface area contributed by atoms with Gasteiger partial charge in [-0.05, 0) is 12.8 Å². The van der Waals surface area contributed by atoms with Crippen LogP contribution in [0.4, 0.5) is 0 Å². The monoisotopic (exact) mass is 298 g/mol. The smallest absolute Gasteiger partial charge is 0.308 e. The van der Waals surface area contributed by atoms with E-state index in [9.17, 15) is 19.5 Å². The van der Waals surface area contributed by atoms with Gasteiger partial charge < -0.3 is 15.3 Å². The molecule has 1 heterocycles. The normalized spacial score (nSPS) is 22.8. The van der Waals surface area contributed by atoms with Crippen LogP contribution >= 0.6 is 0 Å². The average Bonchev–Trinajstić information content (AvgIpc) is 2.37. The first-order valence-electron chi connectivity index (χ1n) is 7.46. The van der Waals surface area contributed by atoms with Crippen molar-refractivity contribution in [3.05, 3.63) is 0 Å². The number of hydrogen-bond donors (Lipinski definition) is 2. The Labute approximate surface area is 125 Å². The Hall–Kier alpha value is -1.59. The molecule has 6 nitrogen and oxygen atoms in total. The number of likely N-dealkylation sites (tertiary alicyclic amines) is 1. The van der Waals surface area contributed by atoms with E-state index >= 15 is 0 Å². The number of carbonyl (C=O) groups excluding carboxylic acids is 2. The molecule has 120 valence electrons. The van der Waals surface area contributed by atoms with Crippen LogP contribution in [-0.4, -0.2) is 46.9 Å². The van der Waals surface area contributed by atoms with Crippen LogP contribution in [0.15, 0.2) is 0 Å². The summed E-state index contributed by atoms with van der Waals surface area (Å²) >= 11 is 0. The highest BCUT2D eigenvalue weighted by atomic mass is 16.4. The van der Waals surface area contributed by atoms with Gasteiger partial charge in [-0.3, -0.25) is 14.4 Å². The zero-order valence-corrected chi connectivity index (χ0v) is 13.3. The summed E-state index contributed by atoms with van der Waals surface area (Å²) in [6.45, 7) is 7.95. The van der Waals surface area contributed by atoms with E-state index in [1.54, 1.807) is 25.7 Å². The fraction of sp³-hybridized carbons (Fsp3) is 0.800. The molecular formula is C15H26N2O4. The zero-order valence-electron chi connectivity index (χ0n) is 13.3. The van der Waals surface area contributed by atoms with E-state index in [-0.39, 0.29) is 24.4 Å². The molecule has 0 aromatic heterocycles. The minimum absolute atomic E-state index is 0.0431. The maximum atomic E-state index is 12.0. The summed E-state index contributed by atoms with van der Waals surface area (Å²) < 4.78 is 0. The van der Waals surface area contributed by atoms with Crippen molar-refractivity contribution in [1.82, 2.24) is 10.2 Å². The minimum atomic E-state index is -0.918. The number of carboxylic acid groups (broad SMARTS) is 1. The molecule has 1 fully saturated rings. The molecule has 1 rings (SSSR count). The molecule has 0 aliphatic carbocycles. The molecular weight excluding hydrogens is 272 g/mol. The number of amides is 2. The van der Waals surface area contributed by atoms with Gasteiger partial charge in [-0.2, -0.15) is 0 Å². The number of carbonyl (C=O) groups is 3. The highest BCUT2D eigenvalue weighted by Gasteiger charge is 2.35. The fourth-order valence-electron chi connectivity index (χ4n) is 2.36. The third-order valence-corrected chi connectivity index (χ3v) is 3.63. The molecule has 2 atom stereocenters. The van der Waals surface area contributed by atoms with E-state index in [0.29, 0.717) is 19.4 Å². The Kier molecular flexibility index (Phi) is 5.75. The van der Waals surface area contributed by atoms with Gasteiger partial charge in [0.1, 0.15) is 0 Å². The minimum Gasteiger partial charge on any atom is -0.481 e. The second kappa shape index (κ2) is 6.91. The van der Waals surface area contributed by atoms with Crippen molar-refractivity contribution >= 4 is 17.8 Å². The lowest BCUT2D eigenvalue weighted by atomic mass is 9.91. The van der Waals surface area contributed by atoms with Gasteiger partial charge >= 0.3 is 5.97 Å². The Bertz CT molecular complexity index is 414. The molecule has 6 heteroatoms. The van der Waals surface area contributed by atoms with Gasteiger partial charge in [0.15, 0.2) is 0 Å². The van der Waals surface area contributed by atoms with Gasteiger partial charge in [0.25, 0.3) is 0 Å². The maximum Gasteiger partial charge on any atom is 0.308 e. The molecule has 1 aliphatic heterocycles. The Morgan fingerprint density at radius 3 is 2.33 bits per heavy atom. The van der Waals surface area contributed by atoms with Gasteiger partial charge in [-0.15, -0.1) is 0 Å². The lowest BCUT2D eigenvalue weighted by Gasteiger charge is -2.37. The van der Waals surface area contributed by atoms with Crippen LogP contribution in [0.25, 0.3) is 0 Å². The summed E-state index contributed by atoms with van der Waals surface area (Å²) in [5, 5.41) is 12.1. The van der Waals surface area contributed by atoms with Gasteiger partial charge in [0, 0.05) is 31.0 Å². The number of nitrogens with one attached hydrogen (secondary N) is 1. The molecule has 0 saturated carbocycles. The number of rotatable bonds is 4.